The van der Waals surface area contributed by atoms with Crippen LogP contribution in [0.2, 0.25) is 0 Å². The summed E-state index contributed by atoms with van der Waals surface area (Å²) in [5.74, 6) is 0.190. The monoisotopic (exact) mass is 184 g/mol. The van der Waals surface area contributed by atoms with E-state index in [1.54, 1.807) is 6.92 Å². The molecule has 1 aliphatic rings. The first-order valence-corrected chi connectivity index (χ1v) is 5.23. The van der Waals surface area contributed by atoms with Crippen molar-refractivity contribution in [1.82, 2.24) is 10.2 Å². The van der Waals surface area contributed by atoms with Gasteiger partial charge >= 0.3 is 0 Å². The van der Waals surface area contributed by atoms with Gasteiger partial charge in [0.15, 0.2) is 0 Å². The third kappa shape index (κ3) is 3.35. The third-order valence-electron chi connectivity index (χ3n) is 2.68. The lowest BCUT2D eigenvalue weighted by Crippen LogP contribution is -2.45. The van der Waals surface area contributed by atoms with E-state index in [2.05, 4.69) is 5.32 Å². The molecule has 0 unspecified atom stereocenters. The van der Waals surface area contributed by atoms with E-state index < -0.39 is 0 Å². The Kier molecular flexibility index (Phi) is 4.22. The van der Waals surface area contributed by atoms with Crippen LogP contribution in [0.1, 0.15) is 33.1 Å². The maximum atomic E-state index is 11.1. The summed E-state index contributed by atoms with van der Waals surface area (Å²) in [6, 6.07) is 0.526. The summed E-state index contributed by atoms with van der Waals surface area (Å²) in [6.45, 7) is 6.50. The molecule has 1 amide bonds. The Morgan fingerprint density at radius 2 is 2.31 bits per heavy atom. The number of hydrogen-bond donors (Lipinski definition) is 1. The van der Waals surface area contributed by atoms with E-state index in [1.165, 1.54) is 19.3 Å². The highest BCUT2D eigenvalue weighted by atomic mass is 16.2. The number of rotatable bonds is 3. The van der Waals surface area contributed by atoms with Gasteiger partial charge in [-0.25, -0.2) is 0 Å². The van der Waals surface area contributed by atoms with Crippen LogP contribution in [0.25, 0.3) is 0 Å². The van der Waals surface area contributed by atoms with Gasteiger partial charge in [-0.2, -0.15) is 0 Å². The second kappa shape index (κ2) is 5.22. The Labute approximate surface area is 80.5 Å². The molecule has 0 spiro atoms. The minimum Gasteiger partial charge on any atom is -0.342 e. The zero-order valence-electron chi connectivity index (χ0n) is 8.68. The first-order valence-electron chi connectivity index (χ1n) is 5.23. The van der Waals surface area contributed by atoms with Gasteiger partial charge in [-0.3, -0.25) is 4.79 Å². The zero-order valence-corrected chi connectivity index (χ0v) is 8.68. The number of nitrogens with one attached hydrogen (secondary N) is 1. The van der Waals surface area contributed by atoms with E-state index in [-0.39, 0.29) is 5.91 Å². The first kappa shape index (κ1) is 10.5. The molecule has 1 N–H and O–H groups in total. The molecular formula is C10H20N2O. The molecule has 0 aliphatic carbocycles. The van der Waals surface area contributed by atoms with Crippen molar-refractivity contribution in [2.45, 2.75) is 39.2 Å². The maximum Gasteiger partial charge on any atom is 0.219 e. The van der Waals surface area contributed by atoms with Gasteiger partial charge in [-0.05, 0) is 26.3 Å². The molecular weight excluding hydrogens is 164 g/mol. The van der Waals surface area contributed by atoms with Crippen LogP contribution in [0.5, 0.6) is 0 Å². The molecule has 0 aromatic heterocycles. The van der Waals surface area contributed by atoms with Crippen LogP contribution in [-0.4, -0.2) is 36.5 Å². The van der Waals surface area contributed by atoms with Gasteiger partial charge in [-0.1, -0.05) is 6.42 Å². The van der Waals surface area contributed by atoms with Crippen LogP contribution in [-0.2, 0) is 4.79 Å². The lowest BCUT2D eigenvalue weighted by Gasteiger charge is -2.29. The number of likely N-dealkylation sites (N-methyl/N-ethyl adjacent to an activating group) is 1. The molecule has 0 aromatic carbocycles. The van der Waals surface area contributed by atoms with E-state index in [9.17, 15) is 4.79 Å². The van der Waals surface area contributed by atoms with Gasteiger partial charge in [0.05, 0.1) is 0 Å². The van der Waals surface area contributed by atoms with Crippen molar-refractivity contribution in [1.29, 1.82) is 0 Å². The molecule has 1 aliphatic heterocycles. The van der Waals surface area contributed by atoms with Crippen molar-refractivity contribution in [2.24, 2.45) is 0 Å². The van der Waals surface area contributed by atoms with Crippen molar-refractivity contribution >= 4 is 5.91 Å². The number of piperidine rings is 1. The van der Waals surface area contributed by atoms with Crippen LogP contribution in [0.4, 0.5) is 0 Å². The van der Waals surface area contributed by atoms with E-state index in [1.807, 2.05) is 11.8 Å². The van der Waals surface area contributed by atoms with Crippen molar-refractivity contribution in [3.63, 3.8) is 0 Å². The molecule has 1 saturated heterocycles. The number of hydrogen-bond acceptors (Lipinski definition) is 2. The SMILES string of the molecule is CCN(C[C@H]1CCCCN1)C(C)=O. The van der Waals surface area contributed by atoms with E-state index >= 15 is 0 Å². The predicted molar refractivity (Wildman–Crippen MR) is 53.6 cm³/mol. The van der Waals surface area contributed by atoms with Gasteiger partial charge in [0.1, 0.15) is 0 Å². The van der Waals surface area contributed by atoms with Crippen LogP contribution in [0.3, 0.4) is 0 Å². The smallest absolute Gasteiger partial charge is 0.219 e. The van der Waals surface area contributed by atoms with Crippen LogP contribution >= 0.6 is 0 Å². The molecule has 1 heterocycles. The highest BCUT2D eigenvalue weighted by molar-refractivity contribution is 5.73. The zero-order chi connectivity index (χ0) is 9.68. The molecule has 1 atom stereocenters. The average Bonchev–Trinajstić information content (AvgIpc) is 2.15. The topological polar surface area (TPSA) is 32.3 Å². The minimum atomic E-state index is 0.190. The predicted octanol–water partition coefficient (Wildman–Crippen LogP) is 0.997. The van der Waals surface area contributed by atoms with Crippen molar-refractivity contribution < 1.29 is 4.79 Å². The maximum absolute atomic E-state index is 11.1. The van der Waals surface area contributed by atoms with Crippen molar-refractivity contribution in [2.75, 3.05) is 19.6 Å². The number of amides is 1. The van der Waals surface area contributed by atoms with Gasteiger partial charge in [-0.15, -0.1) is 0 Å². The van der Waals surface area contributed by atoms with E-state index in [0.29, 0.717) is 6.04 Å². The molecule has 0 aromatic rings. The summed E-state index contributed by atoms with van der Waals surface area (Å²) >= 11 is 0. The Morgan fingerprint density at radius 3 is 2.77 bits per heavy atom. The molecule has 1 fully saturated rings. The van der Waals surface area contributed by atoms with E-state index in [4.69, 9.17) is 0 Å². The second-order valence-electron chi connectivity index (χ2n) is 3.70. The van der Waals surface area contributed by atoms with Gasteiger partial charge in [0, 0.05) is 26.1 Å². The lowest BCUT2D eigenvalue weighted by molar-refractivity contribution is -0.129. The highest BCUT2D eigenvalue weighted by Crippen LogP contribution is 2.08. The quantitative estimate of drug-likeness (QED) is 0.709. The standard InChI is InChI=1S/C10H20N2O/c1-3-12(9(2)13)8-10-6-4-5-7-11-10/h10-11H,3-8H2,1-2H3/t10-/m1/s1. The Bertz CT molecular complexity index is 164. The molecule has 0 radical (unpaired) electrons. The fourth-order valence-corrected chi connectivity index (χ4v) is 1.83. The molecule has 0 bridgehead atoms. The number of carbonyl (C=O) groups is 1. The van der Waals surface area contributed by atoms with Gasteiger partial charge < -0.3 is 10.2 Å². The summed E-state index contributed by atoms with van der Waals surface area (Å²) in [5.41, 5.74) is 0. The molecule has 3 heteroatoms. The van der Waals surface area contributed by atoms with Crippen molar-refractivity contribution in [3.05, 3.63) is 0 Å². The highest BCUT2D eigenvalue weighted by Gasteiger charge is 2.16. The van der Waals surface area contributed by atoms with Crippen LogP contribution in [0, 0.1) is 0 Å². The third-order valence-corrected chi connectivity index (χ3v) is 2.68. The van der Waals surface area contributed by atoms with Gasteiger partial charge in [0.25, 0.3) is 0 Å². The first-order chi connectivity index (χ1) is 6.24. The van der Waals surface area contributed by atoms with Crippen molar-refractivity contribution in [3.8, 4) is 0 Å². The normalized spacial score (nSPS) is 22.8. The fourth-order valence-electron chi connectivity index (χ4n) is 1.83. The van der Waals surface area contributed by atoms with Gasteiger partial charge in [0.2, 0.25) is 5.91 Å². The summed E-state index contributed by atoms with van der Waals surface area (Å²) in [4.78, 5) is 13.1. The summed E-state index contributed by atoms with van der Waals surface area (Å²) < 4.78 is 0. The molecule has 0 saturated carbocycles. The largest absolute Gasteiger partial charge is 0.342 e. The molecule has 76 valence electrons. The average molecular weight is 184 g/mol. The second-order valence-corrected chi connectivity index (χ2v) is 3.70. The Balaban J connectivity index is 2.31. The fraction of sp³-hybridized carbons (Fsp3) is 0.900. The number of carbonyl (C=O) groups excluding carboxylic acids is 1. The van der Waals surface area contributed by atoms with E-state index in [0.717, 1.165) is 19.6 Å². The summed E-state index contributed by atoms with van der Waals surface area (Å²) in [7, 11) is 0. The molecule has 1 rings (SSSR count). The Morgan fingerprint density at radius 1 is 1.54 bits per heavy atom. The molecule has 13 heavy (non-hydrogen) atoms. The summed E-state index contributed by atoms with van der Waals surface area (Å²) in [5, 5.41) is 3.44. The van der Waals surface area contributed by atoms with Crippen LogP contribution in [0.15, 0.2) is 0 Å². The molecule has 3 nitrogen and oxygen atoms in total. The summed E-state index contributed by atoms with van der Waals surface area (Å²) in [6.07, 6.45) is 3.79. The lowest BCUT2D eigenvalue weighted by atomic mass is 10.0. The van der Waals surface area contributed by atoms with Crippen LogP contribution < -0.4 is 5.32 Å². The number of nitrogens with zero attached hydrogens (tertiary/aromatic N) is 1. The minimum absolute atomic E-state index is 0.190. The Hall–Kier alpha value is -0.570.